The van der Waals surface area contributed by atoms with Crippen LogP contribution in [0.4, 0.5) is 11.4 Å². The van der Waals surface area contributed by atoms with Crippen molar-refractivity contribution in [3.05, 3.63) is 113 Å². The molecular weight excluding hydrogens is 498 g/mol. The van der Waals surface area contributed by atoms with Gasteiger partial charge < -0.3 is 4.90 Å². The maximum absolute atomic E-state index is 13.9. The van der Waals surface area contributed by atoms with Gasteiger partial charge in [0.2, 0.25) is 0 Å². The number of anilines is 1. The summed E-state index contributed by atoms with van der Waals surface area (Å²) < 4.78 is 1.19. The van der Waals surface area contributed by atoms with Crippen molar-refractivity contribution in [3.63, 3.8) is 0 Å². The van der Waals surface area contributed by atoms with E-state index in [1.165, 1.54) is 21.4 Å². The maximum Gasteiger partial charge on any atom is 0.278 e. The number of carbonyl (C=O) groups excluding carboxylic acids is 1. The highest BCUT2D eigenvalue weighted by Gasteiger charge is 2.53. The Bertz CT molecular complexity index is 1800. The van der Waals surface area contributed by atoms with E-state index < -0.39 is 0 Å². The molecule has 0 aliphatic carbocycles. The van der Waals surface area contributed by atoms with E-state index >= 15 is 0 Å². The summed E-state index contributed by atoms with van der Waals surface area (Å²) in [5.41, 5.74) is 8.39. The highest BCUT2D eigenvalue weighted by molar-refractivity contribution is 7.21. The molecule has 0 fully saturated rings. The van der Waals surface area contributed by atoms with Crippen LogP contribution in [-0.2, 0) is 10.2 Å². The van der Waals surface area contributed by atoms with Gasteiger partial charge in [0.25, 0.3) is 5.91 Å². The van der Waals surface area contributed by atoms with E-state index in [-0.39, 0.29) is 16.9 Å². The Morgan fingerprint density at radius 3 is 2.44 bits per heavy atom. The van der Waals surface area contributed by atoms with Crippen molar-refractivity contribution in [2.24, 2.45) is 4.99 Å². The van der Waals surface area contributed by atoms with Crippen molar-refractivity contribution in [3.8, 4) is 10.6 Å². The fourth-order valence-corrected chi connectivity index (χ4v) is 7.56. The first-order valence-electron chi connectivity index (χ1n) is 13.3. The molecule has 7 rings (SSSR count). The number of fused-ring (bicyclic) bond motifs is 1. The molecule has 5 aromatic rings. The molecule has 0 radical (unpaired) electrons. The Morgan fingerprint density at radius 2 is 1.67 bits per heavy atom. The Balaban J connectivity index is 1.30. The molecule has 1 aromatic heterocycles. The number of benzene rings is 4. The molecule has 2 aliphatic rings. The van der Waals surface area contributed by atoms with Crippen LogP contribution in [0.25, 0.3) is 20.8 Å². The number of aromatic nitrogens is 1. The van der Waals surface area contributed by atoms with E-state index in [0.717, 1.165) is 39.4 Å². The number of hydrogen-bond acceptors (Lipinski definition) is 4. The Hall–Kier alpha value is -4.09. The molecule has 0 saturated carbocycles. The van der Waals surface area contributed by atoms with Gasteiger partial charge in [-0.2, -0.15) is 0 Å². The lowest BCUT2D eigenvalue weighted by molar-refractivity contribution is -0.113. The molecular formula is C34H29N3OS. The van der Waals surface area contributed by atoms with Crippen molar-refractivity contribution in [1.29, 1.82) is 0 Å². The topological polar surface area (TPSA) is 45.6 Å². The Kier molecular flexibility index (Phi) is 5.20. The van der Waals surface area contributed by atoms with Crippen molar-refractivity contribution >= 4 is 44.5 Å². The smallest absolute Gasteiger partial charge is 0.278 e. The predicted molar refractivity (Wildman–Crippen MR) is 162 cm³/mol. The first-order valence-corrected chi connectivity index (χ1v) is 14.2. The molecule has 1 amide bonds. The van der Waals surface area contributed by atoms with Crippen LogP contribution < -0.4 is 4.90 Å². The highest BCUT2D eigenvalue weighted by atomic mass is 32.1. The second-order valence-corrected chi connectivity index (χ2v) is 12.6. The standard InChI is InChI=1S/C34H29N3OS/c1-21-13-18-27-28(19-21)39-31(36-27)22-14-16-24(17-15-22)35-29-25-11-8-12-26-30(25)37(32(29)38)33(2,3)20-34(26,4)23-9-6-5-7-10-23/h5-19H,20H2,1-4H3. The summed E-state index contributed by atoms with van der Waals surface area (Å²) in [7, 11) is 0. The van der Waals surface area contributed by atoms with Crippen LogP contribution in [0, 0.1) is 6.92 Å². The number of rotatable bonds is 3. The molecule has 39 heavy (non-hydrogen) atoms. The number of aliphatic imine (C=N–C) groups is 1. The lowest BCUT2D eigenvalue weighted by Crippen LogP contribution is -2.54. The van der Waals surface area contributed by atoms with Crippen molar-refractivity contribution < 1.29 is 4.79 Å². The third kappa shape index (κ3) is 3.68. The molecule has 0 spiro atoms. The SMILES string of the molecule is Cc1ccc2nc(-c3ccc(N=C4C(=O)N5c6c4cccc6C(C)(c4ccccc4)CC5(C)C)cc3)sc2c1. The zero-order valence-corrected chi connectivity index (χ0v) is 23.3. The second kappa shape index (κ2) is 8.45. The average molecular weight is 528 g/mol. The lowest BCUT2D eigenvalue weighted by Gasteiger charge is -2.49. The summed E-state index contributed by atoms with van der Waals surface area (Å²) in [5, 5.41) is 0.987. The van der Waals surface area contributed by atoms with E-state index in [1.807, 2.05) is 35.2 Å². The minimum atomic E-state index is -0.364. The number of hydrogen-bond donors (Lipinski definition) is 0. The fourth-order valence-electron chi connectivity index (χ4n) is 6.50. The quantitative estimate of drug-likeness (QED) is 0.237. The third-order valence-corrected chi connectivity index (χ3v) is 9.28. The predicted octanol–water partition coefficient (Wildman–Crippen LogP) is 8.23. The minimum Gasteiger partial charge on any atom is -0.300 e. The zero-order chi connectivity index (χ0) is 26.9. The van der Waals surface area contributed by atoms with Crippen LogP contribution in [0.15, 0.2) is 96.0 Å². The average Bonchev–Trinajstić information content (AvgIpc) is 3.47. The van der Waals surface area contributed by atoms with Gasteiger partial charge in [-0.15, -0.1) is 11.3 Å². The van der Waals surface area contributed by atoms with E-state index in [1.54, 1.807) is 11.3 Å². The van der Waals surface area contributed by atoms with Crippen molar-refractivity contribution in [2.45, 2.75) is 45.1 Å². The maximum atomic E-state index is 13.9. The van der Waals surface area contributed by atoms with Crippen molar-refractivity contribution in [1.82, 2.24) is 4.98 Å². The number of amides is 1. The van der Waals surface area contributed by atoms with Crippen LogP contribution in [0.5, 0.6) is 0 Å². The minimum absolute atomic E-state index is 0.0248. The summed E-state index contributed by atoms with van der Waals surface area (Å²) in [6.45, 7) is 8.74. The van der Waals surface area contributed by atoms with Crippen LogP contribution in [0.2, 0.25) is 0 Å². The monoisotopic (exact) mass is 527 g/mol. The number of para-hydroxylation sites is 1. The molecule has 5 heteroatoms. The molecule has 0 saturated heterocycles. The molecule has 0 N–H and O–H groups in total. The van der Waals surface area contributed by atoms with E-state index in [9.17, 15) is 4.79 Å². The number of aryl methyl sites for hydroxylation is 1. The number of nitrogens with zero attached hydrogens (tertiary/aromatic N) is 3. The van der Waals surface area contributed by atoms with Gasteiger partial charge >= 0.3 is 0 Å². The Labute approximate surface area is 232 Å². The van der Waals surface area contributed by atoms with Gasteiger partial charge in [0, 0.05) is 22.1 Å². The van der Waals surface area contributed by atoms with E-state index in [2.05, 4.69) is 88.4 Å². The molecule has 1 atom stereocenters. The highest BCUT2D eigenvalue weighted by Crippen LogP contribution is 2.54. The third-order valence-electron chi connectivity index (χ3n) is 8.22. The molecule has 1 unspecified atom stereocenters. The van der Waals surface area contributed by atoms with E-state index in [4.69, 9.17) is 9.98 Å². The van der Waals surface area contributed by atoms with Gasteiger partial charge in [0.15, 0.2) is 0 Å². The van der Waals surface area contributed by atoms with Crippen LogP contribution in [0.1, 0.15) is 49.4 Å². The van der Waals surface area contributed by atoms with Gasteiger partial charge in [-0.1, -0.05) is 61.5 Å². The van der Waals surface area contributed by atoms with Crippen molar-refractivity contribution in [2.75, 3.05) is 4.90 Å². The summed E-state index contributed by atoms with van der Waals surface area (Å²) >= 11 is 1.70. The number of thiazole rings is 1. The van der Waals surface area contributed by atoms with Gasteiger partial charge in [-0.05, 0) is 80.3 Å². The Morgan fingerprint density at radius 1 is 0.897 bits per heavy atom. The molecule has 4 aromatic carbocycles. The normalized spacial score (nSPS) is 20.6. The molecule has 192 valence electrons. The molecule has 3 heterocycles. The fraction of sp³-hybridized carbons (Fsp3) is 0.206. The summed E-state index contributed by atoms with van der Waals surface area (Å²) in [4.78, 5) is 25.7. The second-order valence-electron chi connectivity index (χ2n) is 11.5. The van der Waals surface area contributed by atoms with Gasteiger partial charge in [-0.3, -0.25) is 4.79 Å². The number of carbonyl (C=O) groups is 1. The van der Waals surface area contributed by atoms with Gasteiger partial charge in [0.05, 0.1) is 21.6 Å². The summed E-state index contributed by atoms with van der Waals surface area (Å²) in [6, 6.07) is 31.3. The summed E-state index contributed by atoms with van der Waals surface area (Å²) in [5.74, 6) is -0.0248. The first-order chi connectivity index (χ1) is 18.7. The van der Waals surface area contributed by atoms with E-state index in [0.29, 0.717) is 5.71 Å². The first kappa shape index (κ1) is 24.0. The molecule has 2 aliphatic heterocycles. The van der Waals surface area contributed by atoms with Crippen LogP contribution in [0.3, 0.4) is 0 Å². The molecule has 0 bridgehead atoms. The largest absolute Gasteiger partial charge is 0.300 e. The molecule has 4 nitrogen and oxygen atoms in total. The summed E-state index contributed by atoms with van der Waals surface area (Å²) in [6.07, 6.45) is 0.829. The van der Waals surface area contributed by atoms with Gasteiger partial charge in [0.1, 0.15) is 10.7 Å². The zero-order valence-electron chi connectivity index (χ0n) is 22.5. The lowest BCUT2D eigenvalue weighted by atomic mass is 9.65. The van der Waals surface area contributed by atoms with Crippen LogP contribution >= 0.6 is 11.3 Å². The van der Waals surface area contributed by atoms with Crippen LogP contribution in [-0.4, -0.2) is 22.1 Å². The van der Waals surface area contributed by atoms with Gasteiger partial charge in [-0.25, -0.2) is 9.98 Å².